The van der Waals surface area contributed by atoms with Crippen molar-refractivity contribution < 1.29 is 22.4 Å². The molecule has 1 saturated carbocycles. The molecule has 1 N–H and O–H groups in total. The average molecular weight is 339 g/mol. The van der Waals surface area contributed by atoms with Crippen LogP contribution in [0.4, 0.5) is 13.2 Å². The molecule has 1 aromatic heterocycles. The van der Waals surface area contributed by atoms with Crippen LogP contribution in [0, 0.1) is 5.92 Å². The molecule has 0 aliphatic heterocycles. The Hall–Kier alpha value is -2.31. The number of alkyl halides is 3. The molecule has 2 unspecified atom stereocenters. The zero-order valence-electron chi connectivity index (χ0n) is 12.7. The molecule has 2 atom stereocenters. The number of rotatable bonds is 2. The fourth-order valence-electron chi connectivity index (χ4n) is 3.10. The highest BCUT2D eigenvalue weighted by atomic mass is 19.4. The maximum Gasteiger partial charge on any atom is 0.391 e. The molecule has 1 heterocycles. The van der Waals surface area contributed by atoms with Crippen LogP contribution in [-0.4, -0.2) is 18.1 Å². The third kappa shape index (κ3) is 3.44. The predicted octanol–water partition coefficient (Wildman–Crippen LogP) is 3.64. The Morgan fingerprint density at radius 3 is 2.71 bits per heavy atom. The molecule has 7 heteroatoms. The van der Waals surface area contributed by atoms with Crippen LogP contribution in [0.2, 0.25) is 0 Å². The molecular weight excluding hydrogens is 323 g/mol. The molecule has 0 radical (unpaired) electrons. The Labute approximate surface area is 135 Å². The summed E-state index contributed by atoms with van der Waals surface area (Å²) in [6.45, 7) is 0. The molecule has 1 aliphatic carbocycles. The van der Waals surface area contributed by atoms with E-state index in [-0.39, 0.29) is 18.4 Å². The van der Waals surface area contributed by atoms with Gasteiger partial charge in [0.25, 0.3) is 5.91 Å². The molecule has 2 aromatic rings. The number of hydrogen-bond donors (Lipinski definition) is 1. The van der Waals surface area contributed by atoms with Gasteiger partial charge in [-0.15, -0.1) is 0 Å². The van der Waals surface area contributed by atoms with E-state index >= 15 is 0 Å². The van der Waals surface area contributed by atoms with Gasteiger partial charge in [-0.25, -0.2) is 4.79 Å². The molecule has 4 nitrogen and oxygen atoms in total. The quantitative estimate of drug-likeness (QED) is 0.850. The lowest BCUT2D eigenvalue weighted by atomic mass is 9.85. The van der Waals surface area contributed by atoms with Gasteiger partial charge in [0.15, 0.2) is 0 Å². The van der Waals surface area contributed by atoms with Crippen LogP contribution in [0.1, 0.15) is 36.0 Å². The van der Waals surface area contributed by atoms with Crippen molar-refractivity contribution in [2.24, 2.45) is 5.92 Å². The van der Waals surface area contributed by atoms with Gasteiger partial charge in [-0.3, -0.25) is 4.79 Å². The second-order valence-corrected chi connectivity index (χ2v) is 6.06. The third-order valence-electron chi connectivity index (χ3n) is 4.36. The Morgan fingerprint density at radius 1 is 1.21 bits per heavy atom. The van der Waals surface area contributed by atoms with Gasteiger partial charge in [0.2, 0.25) is 0 Å². The first kappa shape index (κ1) is 16.5. The van der Waals surface area contributed by atoms with E-state index in [2.05, 4.69) is 5.32 Å². The van der Waals surface area contributed by atoms with Gasteiger partial charge >= 0.3 is 11.8 Å². The van der Waals surface area contributed by atoms with Crippen molar-refractivity contribution in [3.63, 3.8) is 0 Å². The first-order valence-corrected chi connectivity index (χ1v) is 7.75. The fraction of sp³-hybridized carbons (Fsp3) is 0.412. The van der Waals surface area contributed by atoms with Crippen molar-refractivity contribution in [1.82, 2.24) is 5.32 Å². The molecule has 3 rings (SSSR count). The predicted molar refractivity (Wildman–Crippen MR) is 81.8 cm³/mol. The number of fused-ring (bicyclic) bond motifs is 1. The van der Waals surface area contributed by atoms with Crippen molar-refractivity contribution in [2.75, 3.05) is 0 Å². The van der Waals surface area contributed by atoms with Gasteiger partial charge in [-0.2, -0.15) is 13.2 Å². The molecule has 1 aliphatic rings. The lowest BCUT2D eigenvalue weighted by Crippen LogP contribution is -2.42. The van der Waals surface area contributed by atoms with Crippen molar-refractivity contribution >= 4 is 16.9 Å². The molecule has 0 saturated heterocycles. The lowest BCUT2D eigenvalue weighted by molar-refractivity contribution is -0.183. The van der Waals surface area contributed by atoms with E-state index in [0.717, 1.165) is 0 Å². The first-order chi connectivity index (χ1) is 11.3. The Bertz CT molecular complexity index is 813. The van der Waals surface area contributed by atoms with Crippen LogP contribution in [-0.2, 0) is 0 Å². The minimum absolute atomic E-state index is 0.0774. The van der Waals surface area contributed by atoms with Gasteiger partial charge in [-0.05, 0) is 31.4 Å². The highest BCUT2D eigenvalue weighted by Gasteiger charge is 2.42. The number of nitrogens with one attached hydrogen (secondary N) is 1. The third-order valence-corrected chi connectivity index (χ3v) is 4.36. The van der Waals surface area contributed by atoms with E-state index in [9.17, 15) is 22.8 Å². The van der Waals surface area contributed by atoms with E-state index < -0.39 is 29.7 Å². The molecule has 1 amide bonds. The number of benzene rings is 1. The summed E-state index contributed by atoms with van der Waals surface area (Å²) in [5.41, 5.74) is -0.633. The maximum atomic E-state index is 12.8. The van der Waals surface area contributed by atoms with E-state index in [1.54, 1.807) is 24.3 Å². The second kappa shape index (κ2) is 6.30. The van der Waals surface area contributed by atoms with E-state index in [0.29, 0.717) is 23.8 Å². The summed E-state index contributed by atoms with van der Waals surface area (Å²) in [5, 5.41) is 3.13. The van der Waals surface area contributed by atoms with Gasteiger partial charge in [0.05, 0.1) is 5.92 Å². The van der Waals surface area contributed by atoms with Gasteiger partial charge in [0, 0.05) is 11.4 Å². The van der Waals surface area contributed by atoms with Crippen LogP contribution < -0.4 is 10.9 Å². The molecule has 128 valence electrons. The highest BCUT2D eigenvalue weighted by Crippen LogP contribution is 2.37. The molecular formula is C17H16F3NO3. The second-order valence-electron chi connectivity index (χ2n) is 6.06. The normalized spacial score (nSPS) is 21.6. The van der Waals surface area contributed by atoms with Gasteiger partial charge in [-0.1, -0.05) is 24.6 Å². The largest absolute Gasteiger partial charge is 0.422 e. The number of carbonyl (C=O) groups is 1. The Morgan fingerprint density at radius 2 is 1.96 bits per heavy atom. The number of para-hydroxylation sites is 1. The smallest absolute Gasteiger partial charge is 0.391 e. The molecule has 1 aromatic carbocycles. The molecule has 24 heavy (non-hydrogen) atoms. The fourth-order valence-corrected chi connectivity index (χ4v) is 3.10. The van der Waals surface area contributed by atoms with Crippen molar-refractivity contribution in [3.8, 4) is 0 Å². The summed E-state index contributed by atoms with van der Waals surface area (Å²) < 4.78 is 43.6. The van der Waals surface area contributed by atoms with E-state index in [1.807, 2.05) is 0 Å². The minimum atomic E-state index is -4.26. The molecule has 0 bridgehead atoms. The van der Waals surface area contributed by atoms with Crippen molar-refractivity contribution in [1.29, 1.82) is 0 Å². The van der Waals surface area contributed by atoms with Crippen LogP contribution in [0.3, 0.4) is 0 Å². The number of amides is 1. The standard InChI is InChI=1S/C17H16F3NO3/c18-17(19,20)11-5-3-6-12(9-11)21-15(22)13-8-10-4-1-2-7-14(10)24-16(13)23/h1-2,4,7-8,11-12H,3,5-6,9H2,(H,21,22). The zero-order chi connectivity index (χ0) is 17.3. The van der Waals surface area contributed by atoms with E-state index in [4.69, 9.17) is 4.42 Å². The van der Waals surface area contributed by atoms with Crippen molar-refractivity contribution in [2.45, 2.75) is 37.9 Å². The van der Waals surface area contributed by atoms with Gasteiger partial charge < -0.3 is 9.73 Å². The number of carbonyl (C=O) groups excluding carboxylic acids is 1. The van der Waals surface area contributed by atoms with Crippen LogP contribution in [0.5, 0.6) is 0 Å². The minimum Gasteiger partial charge on any atom is -0.422 e. The maximum absolute atomic E-state index is 12.8. The average Bonchev–Trinajstić information content (AvgIpc) is 2.53. The lowest BCUT2D eigenvalue weighted by Gasteiger charge is -2.30. The summed E-state index contributed by atoms with van der Waals surface area (Å²) in [6, 6.07) is 7.54. The Balaban J connectivity index is 1.77. The summed E-state index contributed by atoms with van der Waals surface area (Å²) in [6.07, 6.45) is -3.48. The van der Waals surface area contributed by atoms with Gasteiger partial charge in [0.1, 0.15) is 11.1 Å². The molecule has 1 fully saturated rings. The Kier molecular flexibility index (Phi) is 4.34. The number of hydrogen-bond acceptors (Lipinski definition) is 3. The van der Waals surface area contributed by atoms with Crippen LogP contribution in [0.15, 0.2) is 39.5 Å². The highest BCUT2D eigenvalue weighted by molar-refractivity contribution is 5.96. The van der Waals surface area contributed by atoms with E-state index in [1.165, 1.54) is 6.07 Å². The topological polar surface area (TPSA) is 59.3 Å². The van der Waals surface area contributed by atoms with Crippen LogP contribution in [0.25, 0.3) is 11.0 Å². The number of halogens is 3. The van der Waals surface area contributed by atoms with Crippen LogP contribution >= 0.6 is 0 Å². The SMILES string of the molecule is O=C(NC1CCCC(C(F)(F)F)C1)c1cc2ccccc2oc1=O. The molecule has 0 spiro atoms. The first-order valence-electron chi connectivity index (χ1n) is 7.75. The van der Waals surface area contributed by atoms with Crippen molar-refractivity contribution in [3.05, 3.63) is 46.3 Å². The summed E-state index contributed by atoms with van der Waals surface area (Å²) >= 11 is 0. The summed E-state index contributed by atoms with van der Waals surface area (Å²) in [7, 11) is 0. The monoisotopic (exact) mass is 339 g/mol. The summed E-state index contributed by atoms with van der Waals surface area (Å²) in [4.78, 5) is 24.2. The zero-order valence-corrected chi connectivity index (χ0v) is 12.7. The summed E-state index contributed by atoms with van der Waals surface area (Å²) in [5.74, 6) is -2.10.